The van der Waals surface area contributed by atoms with Gasteiger partial charge >= 0.3 is 0 Å². The Morgan fingerprint density at radius 3 is 2.78 bits per heavy atom. The van der Waals surface area contributed by atoms with Gasteiger partial charge in [-0.25, -0.2) is 0 Å². The number of hydrogen-bond acceptors (Lipinski definition) is 4. The Kier molecular flexibility index (Phi) is 4.43. The van der Waals surface area contributed by atoms with E-state index < -0.39 is 11.5 Å². The van der Waals surface area contributed by atoms with Crippen LogP contribution in [0.5, 0.6) is 0 Å². The average Bonchev–Trinajstić information content (AvgIpc) is 3.42. The van der Waals surface area contributed by atoms with Crippen LogP contribution in [0.1, 0.15) is 29.0 Å². The number of likely N-dealkylation sites (tertiary alicyclic amines) is 1. The highest BCUT2D eigenvalue weighted by molar-refractivity contribution is 5.97. The van der Waals surface area contributed by atoms with E-state index in [2.05, 4.69) is 10.6 Å². The number of furan rings is 1. The number of rotatable bonds is 4. The topological polar surface area (TPSA) is 91.7 Å². The zero-order valence-corrected chi connectivity index (χ0v) is 14.8. The fourth-order valence-corrected chi connectivity index (χ4v) is 3.88. The lowest BCUT2D eigenvalue weighted by molar-refractivity contribution is -0.128. The maximum atomic E-state index is 12.6. The maximum absolute atomic E-state index is 12.6. The molecule has 2 fully saturated rings. The third kappa shape index (κ3) is 3.32. The predicted octanol–water partition coefficient (Wildman–Crippen LogP) is 1.32. The van der Waals surface area contributed by atoms with Crippen LogP contribution in [0, 0.1) is 5.41 Å². The molecule has 7 heteroatoms. The molecule has 2 aliphatic rings. The molecule has 2 aromatic rings. The van der Waals surface area contributed by atoms with Gasteiger partial charge in [-0.05, 0) is 37.1 Å². The van der Waals surface area contributed by atoms with Crippen LogP contribution in [-0.2, 0) is 16.1 Å². The van der Waals surface area contributed by atoms with Crippen molar-refractivity contribution in [3.63, 3.8) is 0 Å². The molecule has 27 heavy (non-hydrogen) atoms. The average molecular weight is 367 g/mol. The van der Waals surface area contributed by atoms with Gasteiger partial charge in [-0.1, -0.05) is 18.2 Å². The molecule has 1 aromatic heterocycles. The minimum atomic E-state index is -0.683. The molecule has 1 spiro atoms. The van der Waals surface area contributed by atoms with Crippen molar-refractivity contribution < 1.29 is 18.8 Å². The second-order valence-corrected chi connectivity index (χ2v) is 7.15. The van der Waals surface area contributed by atoms with Crippen LogP contribution in [0.25, 0.3) is 0 Å². The van der Waals surface area contributed by atoms with Crippen LogP contribution in [0.15, 0.2) is 53.1 Å². The number of carbonyl (C=O) groups is 3. The molecule has 0 bridgehead atoms. The van der Waals surface area contributed by atoms with E-state index in [-0.39, 0.29) is 24.3 Å². The minimum Gasteiger partial charge on any atom is -0.467 e. The number of amides is 3. The van der Waals surface area contributed by atoms with E-state index in [9.17, 15) is 14.4 Å². The summed E-state index contributed by atoms with van der Waals surface area (Å²) in [5, 5.41) is 5.58. The zero-order chi connectivity index (χ0) is 18.9. The van der Waals surface area contributed by atoms with Crippen LogP contribution in [0.3, 0.4) is 0 Å². The van der Waals surface area contributed by atoms with E-state index in [1.54, 1.807) is 35.4 Å². The summed E-state index contributed by atoms with van der Waals surface area (Å²) in [5.41, 5.74) is -0.0716. The summed E-state index contributed by atoms with van der Waals surface area (Å²) in [6.07, 6.45) is 2.51. The molecule has 0 radical (unpaired) electrons. The Bertz CT molecular complexity index is 849. The molecule has 0 saturated carbocycles. The van der Waals surface area contributed by atoms with Crippen LogP contribution < -0.4 is 10.6 Å². The van der Waals surface area contributed by atoms with Crippen molar-refractivity contribution in [1.29, 1.82) is 0 Å². The van der Waals surface area contributed by atoms with E-state index in [0.717, 1.165) is 0 Å². The van der Waals surface area contributed by atoms with E-state index in [1.807, 2.05) is 18.2 Å². The number of benzene rings is 1. The molecule has 2 atom stereocenters. The molecule has 7 nitrogen and oxygen atoms in total. The summed E-state index contributed by atoms with van der Waals surface area (Å²) in [4.78, 5) is 39.4. The first-order valence-electron chi connectivity index (χ1n) is 9.03. The first kappa shape index (κ1) is 17.3. The largest absolute Gasteiger partial charge is 0.467 e. The lowest BCUT2D eigenvalue weighted by Gasteiger charge is -2.21. The minimum absolute atomic E-state index is 0.0778. The number of hydrogen-bond donors (Lipinski definition) is 2. The fourth-order valence-electron chi connectivity index (χ4n) is 3.88. The molecule has 4 rings (SSSR count). The van der Waals surface area contributed by atoms with Gasteiger partial charge in [0.2, 0.25) is 11.8 Å². The van der Waals surface area contributed by atoms with Crippen LogP contribution in [0.2, 0.25) is 0 Å². The van der Waals surface area contributed by atoms with Gasteiger partial charge in [0, 0.05) is 18.7 Å². The quantitative estimate of drug-likeness (QED) is 0.853. The fraction of sp³-hybridized carbons (Fsp3) is 0.350. The van der Waals surface area contributed by atoms with Crippen LogP contribution in [0.4, 0.5) is 0 Å². The molecule has 0 aliphatic carbocycles. The summed E-state index contributed by atoms with van der Waals surface area (Å²) in [6.45, 7) is 1.14. The summed E-state index contributed by atoms with van der Waals surface area (Å²) >= 11 is 0. The molecule has 3 heterocycles. The standard InChI is InChI=1S/C20H21N3O4/c24-17(21-12-15-7-4-10-27-15)16-11-20(19(26)22-16)8-9-23(13-20)18(25)14-5-2-1-3-6-14/h1-7,10,16H,8-9,11-13H2,(H,21,24)(H,22,26)/t16-,20-/m0/s1. The number of nitrogens with one attached hydrogen (secondary N) is 2. The molecule has 140 valence electrons. The molecule has 0 unspecified atom stereocenters. The van der Waals surface area contributed by atoms with Crippen LogP contribution >= 0.6 is 0 Å². The number of nitrogens with zero attached hydrogens (tertiary/aromatic N) is 1. The van der Waals surface area contributed by atoms with E-state index in [4.69, 9.17) is 4.42 Å². The second kappa shape index (κ2) is 6.90. The first-order chi connectivity index (χ1) is 13.1. The van der Waals surface area contributed by atoms with Gasteiger partial charge in [-0.2, -0.15) is 0 Å². The van der Waals surface area contributed by atoms with Crippen molar-refractivity contribution in [3.8, 4) is 0 Å². The van der Waals surface area contributed by atoms with Gasteiger partial charge in [0.25, 0.3) is 5.91 Å². The lowest BCUT2D eigenvalue weighted by Crippen LogP contribution is -2.41. The SMILES string of the molecule is O=C(NCc1ccco1)[C@@H]1C[C@]2(CCN(C(=O)c3ccccc3)C2)C(=O)N1. The Labute approximate surface area is 156 Å². The van der Waals surface area contributed by atoms with Crippen molar-refractivity contribution in [1.82, 2.24) is 15.5 Å². The molecule has 2 aliphatic heterocycles. The van der Waals surface area contributed by atoms with Gasteiger partial charge in [0.15, 0.2) is 0 Å². The first-order valence-corrected chi connectivity index (χ1v) is 9.03. The highest BCUT2D eigenvalue weighted by Crippen LogP contribution is 2.40. The third-order valence-electron chi connectivity index (χ3n) is 5.38. The molecule has 1 aromatic carbocycles. The second-order valence-electron chi connectivity index (χ2n) is 7.15. The van der Waals surface area contributed by atoms with Crippen molar-refractivity contribution >= 4 is 17.7 Å². The van der Waals surface area contributed by atoms with E-state index in [1.165, 1.54) is 0 Å². The maximum Gasteiger partial charge on any atom is 0.253 e. The smallest absolute Gasteiger partial charge is 0.253 e. The highest BCUT2D eigenvalue weighted by Gasteiger charge is 2.53. The van der Waals surface area contributed by atoms with Crippen LogP contribution in [-0.4, -0.2) is 41.8 Å². The normalized spacial score (nSPS) is 24.2. The van der Waals surface area contributed by atoms with Gasteiger partial charge in [-0.15, -0.1) is 0 Å². The third-order valence-corrected chi connectivity index (χ3v) is 5.38. The van der Waals surface area contributed by atoms with Gasteiger partial charge in [0.1, 0.15) is 11.8 Å². The highest BCUT2D eigenvalue weighted by atomic mass is 16.3. The summed E-state index contributed by atoms with van der Waals surface area (Å²) in [7, 11) is 0. The Morgan fingerprint density at radius 1 is 1.22 bits per heavy atom. The molecule has 3 amide bonds. The van der Waals surface area contributed by atoms with Gasteiger partial charge in [-0.3, -0.25) is 14.4 Å². The molecule has 2 saturated heterocycles. The molecule has 2 N–H and O–H groups in total. The summed E-state index contributed by atoms with van der Waals surface area (Å²) in [5.74, 6) is 0.197. The monoisotopic (exact) mass is 367 g/mol. The van der Waals surface area contributed by atoms with Crippen molar-refractivity contribution in [2.45, 2.75) is 25.4 Å². The van der Waals surface area contributed by atoms with Crippen molar-refractivity contribution in [3.05, 3.63) is 60.1 Å². The van der Waals surface area contributed by atoms with Crippen molar-refractivity contribution in [2.75, 3.05) is 13.1 Å². The van der Waals surface area contributed by atoms with Gasteiger partial charge in [0.05, 0.1) is 18.2 Å². The summed E-state index contributed by atoms with van der Waals surface area (Å²) < 4.78 is 5.20. The summed E-state index contributed by atoms with van der Waals surface area (Å²) in [6, 6.07) is 12.0. The van der Waals surface area contributed by atoms with Crippen molar-refractivity contribution in [2.24, 2.45) is 5.41 Å². The predicted molar refractivity (Wildman–Crippen MR) is 96.5 cm³/mol. The molecular weight excluding hydrogens is 346 g/mol. The Balaban J connectivity index is 1.38. The van der Waals surface area contributed by atoms with E-state index >= 15 is 0 Å². The lowest BCUT2D eigenvalue weighted by atomic mass is 9.84. The number of carbonyl (C=O) groups excluding carboxylic acids is 3. The molecular formula is C20H21N3O4. The Hall–Kier alpha value is -3.09. The Morgan fingerprint density at radius 2 is 2.04 bits per heavy atom. The zero-order valence-electron chi connectivity index (χ0n) is 14.8. The van der Waals surface area contributed by atoms with E-state index in [0.29, 0.717) is 37.3 Å². The van der Waals surface area contributed by atoms with Gasteiger partial charge < -0.3 is 20.0 Å².